The van der Waals surface area contributed by atoms with Gasteiger partial charge >= 0.3 is 5.97 Å². The van der Waals surface area contributed by atoms with E-state index >= 15 is 0 Å². The molecule has 0 aromatic heterocycles. The molecule has 0 aliphatic heterocycles. The molecule has 2 rings (SSSR count). The van der Waals surface area contributed by atoms with Gasteiger partial charge < -0.3 is 14.6 Å². The Labute approximate surface area is 126 Å². The lowest BCUT2D eigenvalue weighted by Gasteiger charge is -2.34. The predicted molar refractivity (Wildman–Crippen MR) is 80.6 cm³/mol. The van der Waals surface area contributed by atoms with Gasteiger partial charge in [-0.25, -0.2) is 4.79 Å². The third kappa shape index (κ3) is 4.21. The van der Waals surface area contributed by atoms with Crippen LogP contribution in [0.4, 0.5) is 0 Å². The third-order valence-electron chi connectivity index (χ3n) is 4.26. The quantitative estimate of drug-likeness (QED) is 0.802. The third-order valence-corrected chi connectivity index (χ3v) is 4.26. The van der Waals surface area contributed by atoms with Gasteiger partial charge in [0.2, 0.25) is 5.79 Å². The number of ether oxygens (including phenoxy) is 2. The average Bonchev–Trinajstić information content (AvgIpc) is 2.48. The van der Waals surface area contributed by atoms with Crippen molar-refractivity contribution >= 4 is 5.97 Å². The van der Waals surface area contributed by atoms with Crippen molar-refractivity contribution in [3.63, 3.8) is 0 Å². The van der Waals surface area contributed by atoms with Crippen molar-refractivity contribution in [2.45, 2.75) is 51.2 Å². The summed E-state index contributed by atoms with van der Waals surface area (Å²) in [6.07, 6.45) is 7.01. The van der Waals surface area contributed by atoms with Gasteiger partial charge in [0.25, 0.3) is 0 Å². The van der Waals surface area contributed by atoms with Crippen LogP contribution in [-0.2, 0) is 4.74 Å². The first kappa shape index (κ1) is 15.8. The number of para-hydroxylation sites is 1. The smallest absolute Gasteiger partial charge is 0.339 e. The molecule has 21 heavy (non-hydrogen) atoms. The van der Waals surface area contributed by atoms with Crippen LogP contribution in [0.1, 0.15) is 55.8 Å². The van der Waals surface area contributed by atoms with E-state index in [9.17, 15) is 9.90 Å². The van der Waals surface area contributed by atoms with E-state index in [1.54, 1.807) is 31.4 Å². The fourth-order valence-electron chi connectivity index (χ4n) is 3.05. The van der Waals surface area contributed by atoms with Crippen LogP contribution in [0.15, 0.2) is 24.3 Å². The molecule has 0 spiro atoms. The van der Waals surface area contributed by atoms with Gasteiger partial charge in [-0.15, -0.1) is 0 Å². The summed E-state index contributed by atoms with van der Waals surface area (Å²) in [5.74, 6) is -0.819. The molecule has 1 aliphatic rings. The Morgan fingerprint density at radius 1 is 1.29 bits per heavy atom. The highest BCUT2D eigenvalue weighted by Gasteiger charge is 2.32. The summed E-state index contributed by atoms with van der Waals surface area (Å²) in [7, 11) is 1.62. The van der Waals surface area contributed by atoms with Crippen molar-refractivity contribution < 1.29 is 19.4 Å². The van der Waals surface area contributed by atoms with Crippen molar-refractivity contribution in [1.29, 1.82) is 0 Å². The number of methoxy groups -OCH3 is 1. The van der Waals surface area contributed by atoms with Gasteiger partial charge in [-0.1, -0.05) is 44.2 Å². The molecule has 4 nitrogen and oxygen atoms in total. The number of benzene rings is 1. The van der Waals surface area contributed by atoms with E-state index in [2.05, 4.69) is 0 Å². The lowest BCUT2D eigenvalue weighted by Crippen LogP contribution is -2.37. The van der Waals surface area contributed by atoms with Gasteiger partial charge in [-0.05, 0) is 18.1 Å². The van der Waals surface area contributed by atoms with E-state index in [0.29, 0.717) is 11.7 Å². The van der Waals surface area contributed by atoms with Crippen LogP contribution in [0.3, 0.4) is 0 Å². The molecular weight excluding hydrogens is 268 g/mol. The highest BCUT2D eigenvalue weighted by molar-refractivity contribution is 5.90. The second-order valence-electron chi connectivity index (χ2n) is 5.95. The van der Waals surface area contributed by atoms with E-state index < -0.39 is 11.8 Å². The lowest BCUT2D eigenvalue weighted by molar-refractivity contribution is -0.163. The van der Waals surface area contributed by atoms with Crippen LogP contribution in [0.2, 0.25) is 0 Å². The summed E-state index contributed by atoms with van der Waals surface area (Å²) >= 11 is 0. The molecule has 1 fully saturated rings. The van der Waals surface area contributed by atoms with E-state index in [1.165, 1.54) is 32.1 Å². The molecule has 0 radical (unpaired) electrons. The van der Waals surface area contributed by atoms with Gasteiger partial charge in [0, 0.05) is 20.5 Å². The molecule has 0 bridgehead atoms. The van der Waals surface area contributed by atoms with Gasteiger partial charge in [0.1, 0.15) is 11.3 Å². The molecule has 116 valence electrons. The van der Waals surface area contributed by atoms with Crippen molar-refractivity contribution in [1.82, 2.24) is 0 Å². The fraction of sp³-hybridized carbons (Fsp3) is 0.588. The highest BCUT2D eigenvalue weighted by atomic mass is 16.7. The van der Waals surface area contributed by atoms with Crippen molar-refractivity contribution in [3.05, 3.63) is 29.8 Å². The summed E-state index contributed by atoms with van der Waals surface area (Å²) in [6, 6.07) is 6.70. The summed E-state index contributed by atoms with van der Waals surface area (Å²) in [6.45, 7) is 1.89. The zero-order valence-electron chi connectivity index (χ0n) is 12.8. The maximum absolute atomic E-state index is 11.3. The molecule has 1 aromatic rings. The Bertz CT molecular complexity index is 479. The highest BCUT2D eigenvalue weighted by Crippen LogP contribution is 2.34. The van der Waals surface area contributed by atoms with Crippen LogP contribution in [0, 0.1) is 5.92 Å². The van der Waals surface area contributed by atoms with Crippen molar-refractivity contribution in [2.24, 2.45) is 5.92 Å². The molecule has 1 aromatic carbocycles. The first-order valence-corrected chi connectivity index (χ1v) is 7.60. The first-order chi connectivity index (χ1) is 10.0. The Balaban J connectivity index is 2.11. The van der Waals surface area contributed by atoms with E-state index in [-0.39, 0.29) is 5.56 Å². The number of hydrogen-bond donors (Lipinski definition) is 1. The lowest BCUT2D eigenvalue weighted by atomic mass is 9.84. The summed E-state index contributed by atoms with van der Waals surface area (Å²) in [4.78, 5) is 11.3. The van der Waals surface area contributed by atoms with Crippen molar-refractivity contribution in [2.75, 3.05) is 7.11 Å². The van der Waals surface area contributed by atoms with Gasteiger partial charge in [0.05, 0.1) is 0 Å². The zero-order chi connectivity index (χ0) is 15.3. The minimum atomic E-state index is -0.985. The molecule has 4 heteroatoms. The molecule has 1 aliphatic carbocycles. The summed E-state index contributed by atoms with van der Waals surface area (Å²) in [5, 5.41) is 9.24. The van der Waals surface area contributed by atoms with E-state index in [1.807, 2.05) is 6.92 Å². The Hall–Kier alpha value is -1.55. The molecule has 1 N–H and O–H groups in total. The minimum Gasteiger partial charge on any atom is -0.478 e. The topological polar surface area (TPSA) is 55.8 Å². The molecule has 1 saturated carbocycles. The number of carbonyl (C=O) groups is 1. The largest absolute Gasteiger partial charge is 0.478 e. The van der Waals surface area contributed by atoms with Crippen LogP contribution >= 0.6 is 0 Å². The zero-order valence-corrected chi connectivity index (χ0v) is 12.8. The van der Waals surface area contributed by atoms with Crippen LogP contribution in [-0.4, -0.2) is 24.0 Å². The second-order valence-corrected chi connectivity index (χ2v) is 5.95. The fourth-order valence-corrected chi connectivity index (χ4v) is 3.05. The Morgan fingerprint density at radius 3 is 2.57 bits per heavy atom. The first-order valence-electron chi connectivity index (χ1n) is 7.60. The van der Waals surface area contributed by atoms with E-state index in [0.717, 1.165) is 6.42 Å². The number of rotatable bonds is 6. The molecular formula is C17H24O4. The molecule has 0 unspecified atom stereocenters. The van der Waals surface area contributed by atoms with Gasteiger partial charge in [0.15, 0.2) is 0 Å². The minimum absolute atomic E-state index is 0.171. The molecule has 1 atom stereocenters. The molecule has 0 amide bonds. The SMILES string of the molecule is CO[C@](C)(CC1CCCCC1)Oc1ccccc1C(=O)O. The van der Waals surface area contributed by atoms with Crippen LogP contribution < -0.4 is 4.74 Å². The average molecular weight is 292 g/mol. The normalized spacial score (nSPS) is 19.0. The predicted octanol–water partition coefficient (Wildman–Crippen LogP) is 4.10. The maximum Gasteiger partial charge on any atom is 0.339 e. The van der Waals surface area contributed by atoms with Gasteiger partial charge in [-0.2, -0.15) is 0 Å². The monoisotopic (exact) mass is 292 g/mol. The van der Waals surface area contributed by atoms with Crippen molar-refractivity contribution in [3.8, 4) is 5.75 Å². The number of carboxylic acids is 1. The van der Waals surface area contributed by atoms with Crippen LogP contribution in [0.25, 0.3) is 0 Å². The van der Waals surface area contributed by atoms with Crippen LogP contribution in [0.5, 0.6) is 5.75 Å². The van der Waals surface area contributed by atoms with Gasteiger partial charge in [-0.3, -0.25) is 0 Å². The second kappa shape index (κ2) is 6.94. The standard InChI is InChI=1S/C17H24O4/c1-17(20-2,12-13-8-4-3-5-9-13)21-15-11-7-6-10-14(15)16(18)19/h6-7,10-11,13H,3-5,8-9,12H2,1-2H3,(H,18,19)/t17-/m0/s1. The summed E-state index contributed by atoms with van der Waals surface area (Å²) in [5.41, 5.74) is 0.171. The molecule has 0 heterocycles. The summed E-state index contributed by atoms with van der Waals surface area (Å²) < 4.78 is 11.5. The molecule has 0 saturated heterocycles. The Morgan fingerprint density at radius 2 is 1.95 bits per heavy atom. The number of carboxylic acid groups (broad SMARTS) is 1. The number of aromatic carboxylic acids is 1. The Kier molecular flexibility index (Phi) is 5.23. The maximum atomic E-state index is 11.3. The van der Waals surface area contributed by atoms with E-state index in [4.69, 9.17) is 9.47 Å². The number of hydrogen-bond acceptors (Lipinski definition) is 3.